The fourth-order valence-electron chi connectivity index (χ4n) is 3.92. The summed E-state index contributed by atoms with van der Waals surface area (Å²) in [6, 6.07) is 0.347. The highest BCUT2D eigenvalue weighted by Crippen LogP contribution is 2.46. The summed E-state index contributed by atoms with van der Waals surface area (Å²) >= 11 is 0. The van der Waals surface area contributed by atoms with E-state index in [4.69, 9.17) is 10.5 Å². The summed E-state index contributed by atoms with van der Waals surface area (Å²) in [6.45, 7) is 6.29. The first-order chi connectivity index (χ1) is 13.6. The summed E-state index contributed by atoms with van der Waals surface area (Å²) in [7, 11) is 1.32. The van der Waals surface area contributed by atoms with Gasteiger partial charge in [0.15, 0.2) is 11.6 Å². The van der Waals surface area contributed by atoms with Gasteiger partial charge in [-0.05, 0) is 18.6 Å². The SMILES string of the molecule is C=C1CN(c2c(F)cc3c(=O)c(C(=O)O)cn([C@@H]4C[C@@H]4F)c3c2OC)C[C@]1(C)N. The van der Waals surface area contributed by atoms with Gasteiger partial charge in [0, 0.05) is 25.7 Å². The van der Waals surface area contributed by atoms with Crippen LogP contribution in [0.4, 0.5) is 14.5 Å². The minimum atomic E-state index is -1.46. The highest BCUT2D eigenvalue weighted by atomic mass is 19.1. The Morgan fingerprint density at radius 3 is 2.62 bits per heavy atom. The van der Waals surface area contributed by atoms with Gasteiger partial charge in [0.1, 0.15) is 17.4 Å². The maximum absolute atomic E-state index is 15.2. The van der Waals surface area contributed by atoms with E-state index in [0.717, 1.165) is 12.3 Å². The number of nitrogens with two attached hydrogens (primary N) is 1. The number of fused-ring (bicyclic) bond motifs is 1. The number of aromatic nitrogens is 1. The van der Waals surface area contributed by atoms with E-state index in [9.17, 15) is 19.1 Å². The topological polar surface area (TPSA) is 97.8 Å². The lowest BCUT2D eigenvalue weighted by molar-refractivity contribution is 0.0694. The van der Waals surface area contributed by atoms with Crippen molar-refractivity contribution in [2.45, 2.75) is 31.1 Å². The first-order valence-electron chi connectivity index (χ1n) is 9.11. The number of rotatable bonds is 4. The molecule has 3 atom stereocenters. The van der Waals surface area contributed by atoms with Crippen LogP contribution in [0.3, 0.4) is 0 Å². The molecule has 154 valence electrons. The monoisotopic (exact) mass is 405 g/mol. The molecule has 1 saturated heterocycles. The summed E-state index contributed by atoms with van der Waals surface area (Å²) in [5.41, 5.74) is 5.05. The lowest BCUT2D eigenvalue weighted by atomic mass is 9.99. The summed E-state index contributed by atoms with van der Waals surface area (Å²) in [4.78, 5) is 25.9. The molecule has 0 unspecified atom stereocenters. The van der Waals surface area contributed by atoms with Crippen LogP contribution in [-0.2, 0) is 0 Å². The van der Waals surface area contributed by atoms with Crippen molar-refractivity contribution >= 4 is 22.6 Å². The zero-order valence-corrected chi connectivity index (χ0v) is 16.0. The Hall–Kier alpha value is -2.94. The van der Waals surface area contributed by atoms with Crippen molar-refractivity contribution in [1.82, 2.24) is 4.57 Å². The Morgan fingerprint density at radius 2 is 2.14 bits per heavy atom. The van der Waals surface area contributed by atoms with Gasteiger partial charge in [0.05, 0.1) is 29.6 Å². The van der Waals surface area contributed by atoms with Gasteiger partial charge in [-0.3, -0.25) is 4.79 Å². The molecule has 2 aromatic rings. The fraction of sp³-hybridized carbons (Fsp3) is 0.400. The smallest absolute Gasteiger partial charge is 0.341 e. The number of hydrogen-bond acceptors (Lipinski definition) is 5. The van der Waals surface area contributed by atoms with E-state index in [-0.39, 0.29) is 35.3 Å². The standard InChI is InChI=1S/C20H21F2N3O4/c1-9-6-24(8-20(9,2)23)16-13(22)4-10-15(18(16)29-3)25(14-5-12(14)21)7-11(17(10)26)19(27)28/h4,7,12,14H,1,5-6,8,23H2,2-3H3,(H,27,28)/t12-,14+,20-/m0/s1. The van der Waals surface area contributed by atoms with E-state index in [0.29, 0.717) is 12.1 Å². The zero-order valence-electron chi connectivity index (χ0n) is 16.0. The number of anilines is 1. The third-order valence-corrected chi connectivity index (χ3v) is 5.70. The molecular formula is C20H21F2N3O4. The number of carboxylic acid groups (broad SMARTS) is 1. The number of pyridine rings is 1. The molecule has 2 fully saturated rings. The Labute approximate surface area is 165 Å². The Balaban J connectivity index is 2.05. The number of carboxylic acids is 1. The number of hydrogen-bond donors (Lipinski definition) is 2. The van der Waals surface area contributed by atoms with Crippen LogP contribution in [0.25, 0.3) is 10.9 Å². The predicted octanol–water partition coefficient (Wildman–Crippen LogP) is 2.22. The van der Waals surface area contributed by atoms with Gasteiger partial charge >= 0.3 is 5.97 Å². The molecule has 9 heteroatoms. The minimum Gasteiger partial charge on any atom is -0.492 e. The Kier molecular flexibility index (Phi) is 4.20. The van der Waals surface area contributed by atoms with Crippen LogP contribution >= 0.6 is 0 Å². The second-order valence-electron chi connectivity index (χ2n) is 7.92. The second kappa shape index (κ2) is 6.28. The molecule has 0 spiro atoms. The van der Waals surface area contributed by atoms with Crippen LogP contribution in [0, 0.1) is 5.82 Å². The molecule has 4 rings (SSSR count). The molecule has 29 heavy (non-hydrogen) atoms. The summed E-state index contributed by atoms with van der Waals surface area (Å²) in [6.07, 6.45) is 0.102. The number of benzene rings is 1. The normalized spacial score (nSPS) is 26.2. The first-order valence-corrected chi connectivity index (χ1v) is 9.11. The van der Waals surface area contributed by atoms with Crippen molar-refractivity contribution in [3.63, 3.8) is 0 Å². The number of aromatic carboxylic acids is 1. The maximum Gasteiger partial charge on any atom is 0.341 e. The van der Waals surface area contributed by atoms with Crippen molar-refractivity contribution < 1.29 is 23.4 Å². The highest BCUT2D eigenvalue weighted by Gasteiger charge is 2.42. The number of ether oxygens (including phenoxy) is 1. The number of alkyl halides is 1. The quantitative estimate of drug-likeness (QED) is 0.757. The van der Waals surface area contributed by atoms with Crippen molar-refractivity contribution in [2.24, 2.45) is 5.73 Å². The van der Waals surface area contributed by atoms with E-state index in [2.05, 4.69) is 6.58 Å². The fourth-order valence-corrected chi connectivity index (χ4v) is 3.92. The molecule has 1 aliphatic carbocycles. The van der Waals surface area contributed by atoms with E-state index < -0.39 is 40.5 Å². The lowest BCUT2D eigenvalue weighted by Gasteiger charge is -2.25. The highest BCUT2D eigenvalue weighted by molar-refractivity contribution is 5.97. The molecule has 0 radical (unpaired) electrons. The van der Waals surface area contributed by atoms with E-state index in [1.54, 1.807) is 11.8 Å². The molecule has 7 nitrogen and oxygen atoms in total. The van der Waals surface area contributed by atoms with Gasteiger partial charge in [-0.15, -0.1) is 0 Å². The molecule has 2 heterocycles. The largest absolute Gasteiger partial charge is 0.492 e. The molecule has 1 aromatic heterocycles. The van der Waals surface area contributed by atoms with Crippen molar-refractivity contribution in [3.8, 4) is 5.75 Å². The molecular weight excluding hydrogens is 384 g/mol. The number of methoxy groups -OCH3 is 1. The molecule has 2 aliphatic rings. The average Bonchev–Trinajstić information content (AvgIpc) is 3.29. The van der Waals surface area contributed by atoms with Crippen molar-refractivity contribution in [2.75, 3.05) is 25.1 Å². The van der Waals surface area contributed by atoms with Crippen LogP contribution in [0.1, 0.15) is 29.7 Å². The number of carbonyl (C=O) groups is 1. The van der Waals surface area contributed by atoms with E-state index in [1.165, 1.54) is 11.7 Å². The molecule has 1 aromatic carbocycles. The van der Waals surface area contributed by atoms with Crippen LogP contribution in [-0.4, -0.2) is 47.6 Å². The average molecular weight is 405 g/mol. The van der Waals surface area contributed by atoms with Gasteiger partial charge in [0.25, 0.3) is 0 Å². The predicted molar refractivity (Wildman–Crippen MR) is 104 cm³/mol. The van der Waals surface area contributed by atoms with Crippen molar-refractivity contribution in [3.05, 3.63) is 46.0 Å². The summed E-state index contributed by atoms with van der Waals surface area (Å²) in [5.74, 6) is -2.17. The molecule has 3 N–H and O–H groups in total. The summed E-state index contributed by atoms with van der Waals surface area (Å²) in [5, 5.41) is 9.19. The molecule has 0 bridgehead atoms. The van der Waals surface area contributed by atoms with E-state index >= 15 is 4.39 Å². The minimum absolute atomic E-state index is 0.0404. The number of halogens is 2. The molecule has 1 aliphatic heterocycles. The van der Waals surface area contributed by atoms with Gasteiger partial charge in [-0.25, -0.2) is 13.6 Å². The Bertz CT molecular complexity index is 1130. The maximum atomic E-state index is 15.2. The van der Waals surface area contributed by atoms with Crippen LogP contribution in [0.5, 0.6) is 5.75 Å². The van der Waals surface area contributed by atoms with Crippen molar-refractivity contribution in [1.29, 1.82) is 0 Å². The summed E-state index contributed by atoms with van der Waals surface area (Å²) < 4.78 is 35.9. The lowest BCUT2D eigenvalue weighted by Crippen LogP contribution is -2.40. The molecule has 1 saturated carbocycles. The Morgan fingerprint density at radius 1 is 1.48 bits per heavy atom. The van der Waals surface area contributed by atoms with Gasteiger partial charge in [0.2, 0.25) is 5.43 Å². The van der Waals surface area contributed by atoms with Gasteiger partial charge in [-0.2, -0.15) is 0 Å². The van der Waals surface area contributed by atoms with Gasteiger partial charge < -0.3 is 25.0 Å². The van der Waals surface area contributed by atoms with Crippen LogP contribution in [0.15, 0.2) is 29.2 Å². The second-order valence-corrected chi connectivity index (χ2v) is 7.92. The first kappa shape index (κ1) is 19.4. The van der Waals surface area contributed by atoms with Gasteiger partial charge in [-0.1, -0.05) is 6.58 Å². The molecule has 0 amide bonds. The zero-order chi connectivity index (χ0) is 21.2. The van der Waals surface area contributed by atoms with Crippen LogP contribution < -0.4 is 20.8 Å². The van der Waals surface area contributed by atoms with E-state index in [1.807, 2.05) is 0 Å². The third-order valence-electron chi connectivity index (χ3n) is 5.70. The van der Waals surface area contributed by atoms with Crippen LogP contribution in [0.2, 0.25) is 0 Å². The number of nitrogens with zero attached hydrogens (tertiary/aromatic N) is 2. The third kappa shape index (κ3) is 2.88.